The minimum Gasteiger partial charge on any atom is -0.374 e. The van der Waals surface area contributed by atoms with Crippen LogP contribution in [0.4, 0.5) is 19.4 Å². The molecule has 1 N–H and O–H groups in total. The van der Waals surface area contributed by atoms with E-state index >= 15 is 0 Å². The van der Waals surface area contributed by atoms with Gasteiger partial charge in [0.1, 0.15) is 4.90 Å². The van der Waals surface area contributed by atoms with Crippen molar-refractivity contribution in [3.63, 3.8) is 0 Å². The molecule has 0 heterocycles. The van der Waals surface area contributed by atoms with Gasteiger partial charge >= 0.3 is 10.2 Å². The van der Waals surface area contributed by atoms with Crippen LogP contribution in [-0.4, -0.2) is 5.11 Å². The van der Waals surface area contributed by atoms with Gasteiger partial charge in [0.15, 0.2) is 6.10 Å². The van der Waals surface area contributed by atoms with Crippen LogP contribution in [-0.2, 0) is 0 Å². The molecule has 0 aliphatic heterocycles. The van der Waals surface area contributed by atoms with Gasteiger partial charge in [-0.1, -0.05) is 31.6 Å². The van der Waals surface area contributed by atoms with Gasteiger partial charge in [0.25, 0.3) is 0 Å². The Balaban J connectivity index is 3.38. The molecule has 8 heteroatoms. The van der Waals surface area contributed by atoms with Gasteiger partial charge in [-0.25, -0.2) is 0 Å². The van der Waals surface area contributed by atoms with Crippen molar-refractivity contribution in [2.45, 2.75) is 11.0 Å². The van der Waals surface area contributed by atoms with Crippen LogP contribution < -0.4 is 0 Å². The van der Waals surface area contributed by atoms with Crippen molar-refractivity contribution in [2.24, 2.45) is 0 Å². The van der Waals surface area contributed by atoms with E-state index in [1.165, 1.54) is 6.07 Å². The molecule has 1 aromatic carbocycles. The molecule has 0 bridgehead atoms. The minimum atomic E-state index is -9.75. The first kappa shape index (κ1) is 12.7. The third-order valence-electron chi connectivity index (χ3n) is 1.74. The highest BCUT2D eigenvalue weighted by Gasteiger charge is 2.65. The molecule has 1 atom stereocenters. The van der Waals surface area contributed by atoms with Crippen molar-refractivity contribution in [3.8, 4) is 6.07 Å². The monoisotopic (exact) mass is 259 g/mol. The molecule has 0 aliphatic rings. The lowest BCUT2D eigenvalue weighted by atomic mass is 10.1. The Kier molecular flexibility index (Phi) is 2.28. The first-order valence-corrected chi connectivity index (χ1v) is 5.81. The molecular weight excluding hydrogens is 253 g/mol. The van der Waals surface area contributed by atoms with E-state index in [4.69, 9.17) is 10.4 Å². The average molecular weight is 259 g/mol. The molecule has 0 spiro atoms. The number of aliphatic hydroxyl groups is 1. The molecule has 16 heavy (non-hydrogen) atoms. The molecule has 0 aliphatic carbocycles. The summed E-state index contributed by atoms with van der Waals surface area (Å²) in [5, 5.41) is 17.2. The number of halogens is 5. The molecule has 0 saturated heterocycles. The van der Waals surface area contributed by atoms with Crippen LogP contribution in [0.25, 0.3) is 0 Å². The standard InChI is InChI=1S/C8H6F5NOS/c9-16(10,11,12,13)7-3-1-2-6(4-7)8(15)5-14/h1-4,8,15H. The van der Waals surface area contributed by atoms with E-state index in [0.717, 1.165) is 6.07 Å². The Bertz CT molecular complexity index is 463. The van der Waals surface area contributed by atoms with Gasteiger partial charge in [0.2, 0.25) is 0 Å². The van der Waals surface area contributed by atoms with Crippen molar-refractivity contribution < 1.29 is 24.5 Å². The van der Waals surface area contributed by atoms with Crippen LogP contribution in [0.1, 0.15) is 11.7 Å². The maximum atomic E-state index is 12.3. The molecule has 0 amide bonds. The quantitative estimate of drug-likeness (QED) is 0.646. The van der Waals surface area contributed by atoms with E-state index in [2.05, 4.69) is 0 Å². The van der Waals surface area contributed by atoms with Crippen molar-refractivity contribution in [2.75, 3.05) is 0 Å². The van der Waals surface area contributed by atoms with Crippen LogP contribution in [0.2, 0.25) is 0 Å². The van der Waals surface area contributed by atoms with E-state index in [1.807, 2.05) is 0 Å². The predicted octanol–water partition coefficient (Wildman–Crippen LogP) is 3.90. The van der Waals surface area contributed by atoms with Crippen molar-refractivity contribution in [1.82, 2.24) is 0 Å². The highest BCUT2D eigenvalue weighted by Crippen LogP contribution is 3.02. The summed E-state index contributed by atoms with van der Waals surface area (Å²) in [7, 11) is -9.75. The third-order valence-corrected chi connectivity index (χ3v) is 2.89. The maximum absolute atomic E-state index is 12.3. The molecule has 1 rings (SSSR count). The summed E-state index contributed by atoms with van der Waals surface area (Å²) in [5.41, 5.74) is -0.520. The van der Waals surface area contributed by atoms with Crippen molar-refractivity contribution in [3.05, 3.63) is 29.8 Å². The van der Waals surface area contributed by atoms with Crippen LogP contribution in [0.15, 0.2) is 29.2 Å². The van der Waals surface area contributed by atoms with E-state index < -0.39 is 26.8 Å². The van der Waals surface area contributed by atoms with E-state index in [0.29, 0.717) is 6.07 Å². The number of benzene rings is 1. The summed E-state index contributed by atoms with van der Waals surface area (Å²) in [5.74, 6) is 0. The van der Waals surface area contributed by atoms with E-state index in [9.17, 15) is 19.4 Å². The van der Waals surface area contributed by atoms with Gasteiger partial charge < -0.3 is 5.11 Å². The lowest BCUT2D eigenvalue weighted by Gasteiger charge is -2.40. The number of hydrogen-bond acceptors (Lipinski definition) is 2. The number of rotatable bonds is 2. The fraction of sp³-hybridized carbons (Fsp3) is 0.125. The van der Waals surface area contributed by atoms with Gasteiger partial charge in [0.05, 0.1) is 6.07 Å². The summed E-state index contributed by atoms with van der Waals surface area (Å²) >= 11 is 0. The Morgan fingerprint density at radius 2 is 1.75 bits per heavy atom. The van der Waals surface area contributed by atoms with E-state index in [1.54, 1.807) is 0 Å². The van der Waals surface area contributed by atoms with Gasteiger partial charge in [-0.2, -0.15) is 5.26 Å². The van der Waals surface area contributed by atoms with Crippen LogP contribution >= 0.6 is 10.2 Å². The number of aliphatic hydroxyl groups excluding tert-OH is 1. The van der Waals surface area contributed by atoms with Crippen LogP contribution in [0, 0.1) is 11.3 Å². The zero-order valence-corrected chi connectivity index (χ0v) is 8.40. The Morgan fingerprint density at radius 3 is 2.19 bits per heavy atom. The van der Waals surface area contributed by atoms with Gasteiger partial charge in [-0.3, -0.25) is 0 Å². The Labute approximate surface area is 87.6 Å². The zero-order valence-electron chi connectivity index (χ0n) is 7.58. The second kappa shape index (κ2) is 2.87. The van der Waals surface area contributed by atoms with Crippen LogP contribution in [0.5, 0.6) is 0 Å². The smallest absolute Gasteiger partial charge is 0.310 e. The van der Waals surface area contributed by atoms with Gasteiger partial charge in [-0.05, 0) is 17.7 Å². The first-order valence-electron chi connectivity index (χ1n) is 3.86. The van der Waals surface area contributed by atoms with Crippen LogP contribution in [0.3, 0.4) is 0 Å². The first-order chi connectivity index (χ1) is 6.94. The molecule has 0 fully saturated rings. The summed E-state index contributed by atoms with van der Waals surface area (Å²) < 4.78 is 61.7. The number of nitriles is 1. The normalized spacial score (nSPS) is 18.1. The highest BCUT2D eigenvalue weighted by atomic mass is 32.5. The minimum absolute atomic E-state index is 0.0788. The van der Waals surface area contributed by atoms with Gasteiger partial charge in [-0.15, -0.1) is 0 Å². The van der Waals surface area contributed by atoms with Crippen molar-refractivity contribution in [1.29, 1.82) is 5.26 Å². The third kappa shape index (κ3) is 2.84. The average Bonchev–Trinajstić information content (AvgIpc) is 2.13. The molecule has 0 aromatic heterocycles. The molecule has 1 unspecified atom stereocenters. The lowest BCUT2D eigenvalue weighted by Crippen LogP contribution is -2.07. The Hall–Kier alpha value is -1.33. The number of hydrogen-bond donors (Lipinski definition) is 1. The second-order valence-corrected chi connectivity index (χ2v) is 5.48. The van der Waals surface area contributed by atoms with Crippen molar-refractivity contribution >= 4 is 10.2 Å². The maximum Gasteiger partial charge on any atom is 0.310 e. The SMILES string of the molecule is N#CC(O)c1cccc(S(F)(F)(F)(F)F)c1. The predicted molar refractivity (Wildman–Crippen MR) is 48.4 cm³/mol. The summed E-state index contributed by atoms with van der Waals surface area (Å²) in [4.78, 5) is -2.12. The molecule has 0 radical (unpaired) electrons. The topological polar surface area (TPSA) is 44.0 Å². The molecular formula is C8H6F5NOS. The summed E-state index contributed by atoms with van der Waals surface area (Å²) in [6, 6.07) is 3.19. The molecule has 0 saturated carbocycles. The number of nitrogens with zero attached hydrogens (tertiary/aromatic N) is 1. The van der Waals surface area contributed by atoms with Gasteiger partial charge in [0, 0.05) is 0 Å². The van der Waals surface area contributed by atoms with E-state index in [-0.39, 0.29) is 12.1 Å². The highest BCUT2D eigenvalue weighted by molar-refractivity contribution is 8.45. The zero-order chi connectivity index (χ0) is 12.7. The molecule has 90 valence electrons. The fourth-order valence-electron chi connectivity index (χ4n) is 0.999. The largest absolute Gasteiger partial charge is 0.374 e. The second-order valence-electron chi connectivity index (χ2n) is 3.07. The lowest BCUT2D eigenvalue weighted by molar-refractivity contribution is 0.235. The molecule has 2 nitrogen and oxygen atoms in total. The Morgan fingerprint density at radius 1 is 1.19 bits per heavy atom. The summed E-state index contributed by atoms with van der Waals surface area (Å²) in [6.07, 6.45) is -1.86. The fourth-order valence-corrected chi connectivity index (χ4v) is 1.69. The summed E-state index contributed by atoms with van der Waals surface area (Å²) in [6.45, 7) is 0. The molecule has 1 aromatic rings.